The number of benzene rings is 3. The van der Waals surface area contributed by atoms with E-state index in [1.54, 1.807) is 0 Å². The van der Waals surface area contributed by atoms with Gasteiger partial charge < -0.3 is 0 Å². The molecule has 0 aliphatic heterocycles. The number of rotatable bonds is 3. The van der Waals surface area contributed by atoms with Crippen LogP contribution >= 0.6 is 6.04 Å². The molecule has 3 heteroatoms. The number of halogens is 1. The molecule has 3 aromatic carbocycles. The zero-order valence-corrected chi connectivity index (χ0v) is 14.9. The van der Waals surface area contributed by atoms with E-state index in [4.69, 9.17) is 11.8 Å². The molecule has 0 spiro atoms. The summed E-state index contributed by atoms with van der Waals surface area (Å²) in [6, 6.07) is 21.2. The molecule has 3 aromatic rings. The predicted molar refractivity (Wildman–Crippen MR) is 102 cm³/mol. The van der Waals surface area contributed by atoms with Crippen molar-refractivity contribution >= 4 is 33.8 Å². The van der Waals surface area contributed by atoms with Crippen LogP contribution in [-0.4, -0.2) is 0 Å². The van der Waals surface area contributed by atoms with E-state index in [9.17, 15) is 4.39 Å². The van der Waals surface area contributed by atoms with Gasteiger partial charge in [-0.1, -0.05) is 78.0 Å². The van der Waals surface area contributed by atoms with Crippen LogP contribution in [-0.2, 0) is 11.8 Å². The van der Waals surface area contributed by atoms with Gasteiger partial charge in [-0.3, -0.25) is 0 Å². The van der Waals surface area contributed by atoms with Crippen molar-refractivity contribution in [3.8, 4) is 0 Å². The summed E-state index contributed by atoms with van der Waals surface area (Å²) in [6.45, 7) is 4.16. The molecule has 0 aliphatic rings. The van der Waals surface area contributed by atoms with Crippen LogP contribution in [0.5, 0.6) is 0 Å². The lowest BCUT2D eigenvalue weighted by molar-refractivity contribution is 0.628. The molecule has 0 saturated heterocycles. The van der Waals surface area contributed by atoms with Crippen LogP contribution in [0, 0.1) is 19.7 Å². The van der Waals surface area contributed by atoms with Crippen LogP contribution in [0.2, 0.25) is 0 Å². The lowest BCUT2D eigenvalue weighted by Crippen LogP contribution is -2.26. The molecule has 0 aliphatic carbocycles. The van der Waals surface area contributed by atoms with Gasteiger partial charge in [0.2, 0.25) is 0 Å². The van der Waals surface area contributed by atoms with Crippen LogP contribution in [0.1, 0.15) is 11.1 Å². The summed E-state index contributed by atoms with van der Waals surface area (Å²) in [5.41, 5.74) is 2.39. The first-order chi connectivity index (χ1) is 11.0. The molecular formula is C20H18FPS. The highest BCUT2D eigenvalue weighted by Gasteiger charge is 2.26. The molecule has 0 N–H and O–H groups in total. The molecule has 3 rings (SSSR count). The molecule has 0 bridgehead atoms. The van der Waals surface area contributed by atoms with Gasteiger partial charge in [0.1, 0.15) is 5.82 Å². The molecule has 116 valence electrons. The Labute approximate surface area is 142 Å². The molecule has 0 heterocycles. The van der Waals surface area contributed by atoms with Gasteiger partial charge in [-0.15, -0.1) is 0 Å². The fraction of sp³-hybridized carbons (Fsp3) is 0.100. The molecule has 0 aromatic heterocycles. The minimum Gasteiger partial charge on any atom is -0.207 e. The highest BCUT2D eigenvalue weighted by Crippen LogP contribution is 2.43. The van der Waals surface area contributed by atoms with Crippen molar-refractivity contribution in [2.24, 2.45) is 0 Å². The highest BCUT2D eigenvalue weighted by atomic mass is 32.4. The largest absolute Gasteiger partial charge is 0.207 e. The van der Waals surface area contributed by atoms with Gasteiger partial charge in [-0.2, -0.15) is 0 Å². The van der Waals surface area contributed by atoms with Crippen LogP contribution in [0.15, 0.2) is 72.8 Å². The first kappa shape index (κ1) is 16.1. The van der Waals surface area contributed by atoms with Crippen molar-refractivity contribution in [3.63, 3.8) is 0 Å². The predicted octanol–water partition coefficient (Wildman–Crippen LogP) is 4.20. The second kappa shape index (κ2) is 6.39. The first-order valence-electron chi connectivity index (χ1n) is 7.51. The maximum Gasteiger partial charge on any atom is 0.123 e. The summed E-state index contributed by atoms with van der Waals surface area (Å²) in [5, 5.41) is 3.33. The van der Waals surface area contributed by atoms with E-state index < -0.39 is 6.04 Å². The van der Waals surface area contributed by atoms with Gasteiger partial charge in [0, 0.05) is 6.04 Å². The molecule has 1 unspecified atom stereocenters. The molecular weight excluding hydrogens is 322 g/mol. The fourth-order valence-corrected chi connectivity index (χ4v) is 6.95. The molecule has 0 amide bonds. The summed E-state index contributed by atoms with van der Waals surface area (Å²) in [4.78, 5) is 0. The minimum atomic E-state index is -2.19. The Morgan fingerprint density at radius 3 is 1.83 bits per heavy atom. The van der Waals surface area contributed by atoms with E-state index in [-0.39, 0.29) is 5.82 Å². The molecule has 0 nitrogen and oxygen atoms in total. The average Bonchev–Trinajstić information content (AvgIpc) is 2.56. The second-order valence-electron chi connectivity index (χ2n) is 5.71. The number of hydrogen-bond donors (Lipinski definition) is 0. The van der Waals surface area contributed by atoms with E-state index in [0.29, 0.717) is 0 Å². The van der Waals surface area contributed by atoms with Gasteiger partial charge in [0.25, 0.3) is 0 Å². The van der Waals surface area contributed by atoms with Crippen molar-refractivity contribution in [3.05, 3.63) is 89.7 Å². The van der Waals surface area contributed by atoms with E-state index in [2.05, 4.69) is 50.2 Å². The quantitative estimate of drug-likeness (QED) is 0.644. The Balaban J connectivity index is 2.29. The fourth-order valence-electron chi connectivity index (χ4n) is 2.75. The number of hydrogen-bond acceptors (Lipinski definition) is 1. The number of aryl methyl sites for hydroxylation is 2. The van der Waals surface area contributed by atoms with Crippen LogP contribution in [0.4, 0.5) is 4.39 Å². The highest BCUT2D eigenvalue weighted by molar-refractivity contribution is 8.25. The van der Waals surface area contributed by atoms with Crippen LogP contribution in [0.3, 0.4) is 0 Å². The second-order valence-corrected chi connectivity index (χ2v) is 10.1. The topological polar surface area (TPSA) is 0 Å². The molecule has 0 radical (unpaired) electrons. The normalized spacial score (nSPS) is 13.5. The summed E-state index contributed by atoms with van der Waals surface area (Å²) >= 11 is 6.26. The summed E-state index contributed by atoms with van der Waals surface area (Å²) in [5.74, 6) is -0.232. The first-order valence-corrected chi connectivity index (χ1v) is 10.3. The average molecular weight is 340 g/mol. The Morgan fingerprint density at radius 1 is 0.739 bits per heavy atom. The minimum absolute atomic E-state index is 0.232. The summed E-state index contributed by atoms with van der Waals surface area (Å²) in [7, 11) is 0. The van der Waals surface area contributed by atoms with Gasteiger partial charge >= 0.3 is 0 Å². The van der Waals surface area contributed by atoms with E-state index in [1.165, 1.54) is 28.6 Å². The standard InChI is InChI=1S/C20H18FPS/c1-15-7-11-18(12-8-15)22(23,19-13-9-17(21)10-14-19)20-6-4-3-5-16(20)2/h3-14H,1-2H3. The van der Waals surface area contributed by atoms with E-state index >= 15 is 0 Å². The van der Waals surface area contributed by atoms with Crippen molar-refractivity contribution in [1.29, 1.82) is 0 Å². The summed E-state index contributed by atoms with van der Waals surface area (Å²) in [6.07, 6.45) is 0. The van der Waals surface area contributed by atoms with Gasteiger partial charge in [-0.25, -0.2) is 4.39 Å². The maximum atomic E-state index is 13.4. The van der Waals surface area contributed by atoms with Crippen LogP contribution < -0.4 is 15.9 Å². The van der Waals surface area contributed by atoms with Crippen molar-refractivity contribution in [1.82, 2.24) is 0 Å². The zero-order valence-electron chi connectivity index (χ0n) is 13.2. The molecule has 23 heavy (non-hydrogen) atoms. The zero-order chi connectivity index (χ0) is 16.4. The Hall–Kier alpha value is -1.76. The maximum absolute atomic E-state index is 13.4. The van der Waals surface area contributed by atoms with Gasteiger partial charge in [0.05, 0.1) is 0 Å². The Bertz CT molecular complexity index is 817. The lowest BCUT2D eigenvalue weighted by Gasteiger charge is -2.25. The molecule has 0 fully saturated rings. The van der Waals surface area contributed by atoms with Gasteiger partial charge in [0.15, 0.2) is 0 Å². The summed E-state index contributed by atoms with van der Waals surface area (Å²) < 4.78 is 13.4. The Kier molecular flexibility index (Phi) is 4.48. The van der Waals surface area contributed by atoms with E-state index in [0.717, 1.165) is 10.6 Å². The lowest BCUT2D eigenvalue weighted by atomic mass is 10.2. The van der Waals surface area contributed by atoms with Crippen molar-refractivity contribution in [2.75, 3.05) is 0 Å². The third-order valence-electron chi connectivity index (χ3n) is 4.04. The third kappa shape index (κ3) is 3.02. The molecule has 1 atom stereocenters. The van der Waals surface area contributed by atoms with Gasteiger partial charge in [-0.05, 0) is 47.5 Å². The Morgan fingerprint density at radius 2 is 1.26 bits per heavy atom. The van der Waals surface area contributed by atoms with Crippen molar-refractivity contribution < 1.29 is 4.39 Å². The van der Waals surface area contributed by atoms with Crippen LogP contribution in [0.25, 0.3) is 0 Å². The molecule has 0 saturated carbocycles. The smallest absolute Gasteiger partial charge is 0.123 e. The van der Waals surface area contributed by atoms with Crippen molar-refractivity contribution in [2.45, 2.75) is 13.8 Å². The van der Waals surface area contributed by atoms with E-state index in [1.807, 2.05) is 24.3 Å². The monoisotopic (exact) mass is 340 g/mol. The third-order valence-corrected chi connectivity index (χ3v) is 9.13. The SMILES string of the molecule is Cc1ccc(P(=S)(c2ccc(F)cc2)c2ccccc2C)cc1.